The smallest absolute Gasteiger partial charge is 0.329 e. The van der Waals surface area contributed by atoms with Gasteiger partial charge in [-0.25, -0.2) is 9.78 Å². The maximum absolute atomic E-state index is 11.3. The van der Waals surface area contributed by atoms with E-state index in [4.69, 9.17) is 0 Å². The number of hydrogen-bond donors (Lipinski definition) is 1. The molecule has 0 saturated heterocycles. The average molecular weight is 210 g/mol. The van der Waals surface area contributed by atoms with Crippen molar-refractivity contribution in [1.29, 1.82) is 0 Å². The van der Waals surface area contributed by atoms with Gasteiger partial charge in [0.15, 0.2) is 0 Å². The highest BCUT2D eigenvalue weighted by molar-refractivity contribution is 5.76. The van der Waals surface area contributed by atoms with Crippen molar-refractivity contribution in [3.63, 3.8) is 0 Å². The van der Waals surface area contributed by atoms with Gasteiger partial charge in [0.1, 0.15) is 11.4 Å². The summed E-state index contributed by atoms with van der Waals surface area (Å²) in [5.41, 5.74) is -0.893. The molecule has 0 aliphatic heterocycles. The van der Waals surface area contributed by atoms with Gasteiger partial charge in [-0.05, 0) is 13.3 Å². The highest BCUT2D eigenvalue weighted by Gasteiger charge is 2.34. The Morgan fingerprint density at radius 3 is 2.67 bits per heavy atom. The predicted molar refractivity (Wildman–Crippen MR) is 57.9 cm³/mol. The standard InChI is InChI=1S/C11H18N2O2/c1-5-11(4,10(14)15)13-7-6-12-9(13)8(2)3/h6-8H,5H2,1-4H3,(H,14,15). The van der Waals surface area contributed by atoms with Crippen LogP contribution in [-0.4, -0.2) is 20.6 Å². The zero-order chi connectivity index (χ0) is 11.6. The molecule has 84 valence electrons. The first-order valence-corrected chi connectivity index (χ1v) is 5.20. The summed E-state index contributed by atoms with van der Waals surface area (Å²) in [6.07, 6.45) is 3.94. The third kappa shape index (κ3) is 1.89. The highest BCUT2D eigenvalue weighted by Crippen LogP contribution is 2.25. The molecule has 1 N–H and O–H groups in total. The number of aliphatic carboxylic acids is 1. The quantitative estimate of drug-likeness (QED) is 0.829. The topological polar surface area (TPSA) is 55.1 Å². The van der Waals surface area contributed by atoms with Gasteiger partial charge in [0.2, 0.25) is 0 Å². The lowest BCUT2D eigenvalue weighted by Gasteiger charge is -2.27. The van der Waals surface area contributed by atoms with Crippen LogP contribution in [0.1, 0.15) is 45.9 Å². The third-order valence-electron chi connectivity index (χ3n) is 2.87. The fourth-order valence-electron chi connectivity index (χ4n) is 1.58. The van der Waals surface area contributed by atoms with Crippen molar-refractivity contribution in [3.8, 4) is 0 Å². The van der Waals surface area contributed by atoms with E-state index in [9.17, 15) is 9.90 Å². The van der Waals surface area contributed by atoms with Crippen LogP contribution in [0.4, 0.5) is 0 Å². The molecule has 4 nitrogen and oxygen atoms in total. The maximum atomic E-state index is 11.3. The van der Waals surface area contributed by atoms with Crippen LogP contribution in [0.5, 0.6) is 0 Å². The van der Waals surface area contributed by atoms with E-state index >= 15 is 0 Å². The molecular formula is C11H18N2O2. The molecular weight excluding hydrogens is 192 g/mol. The Hall–Kier alpha value is -1.32. The third-order valence-corrected chi connectivity index (χ3v) is 2.87. The van der Waals surface area contributed by atoms with Gasteiger partial charge in [-0.3, -0.25) is 0 Å². The van der Waals surface area contributed by atoms with Gasteiger partial charge in [0.05, 0.1) is 0 Å². The van der Waals surface area contributed by atoms with E-state index in [-0.39, 0.29) is 5.92 Å². The predicted octanol–water partition coefficient (Wildman–Crippen LogP) is 2.22. The summed E-state index contributed by atoms with van der Waals surface area (Å²) in [5, 5.41) is 9.26. The van der Waals surface area contributed by atoms with Crippen molar-refractivity contribution >= 4 is 5.97 Å². The van der Waals surface area contributed by atoms with E-state index in [1.54, 1.807) is 23.9 Å². The number of carboxylic acid groups (broad SMARTS) is 1. The molecule has 0 bridgehead atoms. The first kappa shape index (κ1) is 11.8. The van der Waals surface area contributed by atoms with Crippen LogP contribution in [0, 0.1) is 0 Å². The minimum Gasteiger partial charge on any atom is -0.479 e. The van der Waals surface area contributed by atoms with Gasteiger partial charge in [0.25, 0.3) is 0 Å². The largest absolute Gasteiger partial charge is 0.479 e. The normalized spacial score (nSPS) is 15.3. The summed E-state index contributed by atoms with van der Waals surface area (Å²) >= 11 is 0. The van der Waals surface area contributed by atoms with Crippen molar-refractivity contribution in [2.75, 3.05) is 0 Å². The molecule has 0 fully saturated rings. The molecule has 0 aliphatic carbocycles. The lowest BCUT2D eigenvalue weighted by atomic mass is 9.98. The van der Waals surface area contributed by atoms with E-state index < -0.39 is 11.5 Å². The number of rotatable bonds is 4. The summed E-state index contributed by atoms with van der Waals surface area (Å²) in [4.78, 5) is 15.5. The molecule has 1 aromatic rings. The van der Waals surface area contributed by atoms with Gasteiger partial charge in [-0.1, -0.05) is 20.8 Å². The van der Waals surface area contributed by atoms with Crippen molar-refractivity contribution in [1.82, 2.24) is 9.55 Å². The van der Waals surface area contributed by atoms with Gasteiger partial charge >= 0.3 is 5.97 Å². The second kappa shape index (κ2) is 4.04. The lowest BCUT2D eigenvalue weighted by molar-refractivity contribution is -0.147. The summed E-state index contributed by atoms with van der Waals surface area (Å²) < 4.78 is 1.76. The van der Waals surface area contributed by atoms with Gasteiger partial charge < -0.3 is 9.67 Å². The van der Waals surface area contributed by atoms with Gasteiger partial charge in [0, 0.05) is 18.3 Å². The number of carboxylic acids is 1. The van der Waals surface area contributed by atoms with Crippen LogP contribution >= 0.6 is 0 Å². The van der Waals surface area contributed by atoms with Crippen molar-refractivity contribution < 1.29 is 9.90 Å². The number of hydrogen-bond acceptors (Lipinski definition) is 2. The van der Waals surface area contributed by atoms with E-state index in [2.05, 4.69) is 4.98 Å². The molecule has 0 spiro atoms. The Morgan fingerprint density at radius 2 is 2.27 bits per heavy atom. The maximum Gasteiger partial charge on any atom is 0.329 e. The van der Waals surface area contributed by atoms with Crippen LogP contribution < -0.4 is 0 Å². The van der Waals surface area contributed by atoms with Crippen LogP contribution in [0.2, 0.25) is 0 Å². The number of imidazole rings is 1. The van der Waals surface area contributed by atoms with Crippen LogP contribution in [0.25, 0.3) is 0 Å². The Kier molecular flexibility index (Phi) is 3.17. The Bertz CT molecular complexity index is 357. The lowest BCUT2D eigenvalue weighted by Crippen LogP contribution is -2.39. The second-order valence-electron chi connectivity index (χ2n) is 4.24. The molecule has 1 aromatic heterocycles. The van der Waals surface area contributed by atoms with Gasteiger partial charge in [-0.2, -0.15) is 0 Å². The summed E-state index contributed by atoms with van der Waals surface area (Å²) in [6, 6.07) is 0. The minimum absolute atomic E-state index is 0.227. The van der Waals surface area contributed by atoms with Crippen LogP contribution in [0.15, 0.2) is 12.4 Å². The van der Waals surface area contributed by atoms with E-state index in [0.717, 1.165) is 5.82 Å². The molecule has 0 aliphatic rings. The molecule has 0 saturated carbocycles. The SMILES string of the molecule is CCC(C)(C(=O)O)n1ccnc1C(C)C. The monoisotopic (exact) mass is 210 g/mol. The van der Waals surface area contributed by atoms with Crippen molar-refractivity contribution in [2.45, 2.75) is 45.6 Å². The number of nitrogens with zero attached hydrogens (tertiary/aromatic N) is 2. The summed E-state index contributed by atoms with van der Waals surface area (Å²) in [7, 11) is 0. The average Bonchev–Trinajstić information content (AvgIpc) is 2.64. The molecule has 0 aromatic carbocycles. The number of aromatic nitrogens is 2. The van der Waals surface area contributed by atoms with Crippen LogP contribution in [-0.2, 0) is 10.3 Å². The molecule has 1 rings (SSSR count). The molecule has 0 amide bonds. The van der Waals surface area contributed by atoms with E-state index in [1.807, 2.05) is 20.8 Å². The minimum atomic E-state index is -0.893. The number of carbonyl (C=O) groups is 1. The fourth-order valence-corrected chi connectivity index (χ4v) is 1.58. The molecule has 1 unspecified atom stereocenters. The second-order valence-corrected chi connectivity index (χ2v) is 4.24. The fraction of sp³-hybridized carbons (Fsp3) is 0.636. The van der Waals surface area contributed by atoms with E-state index in [0.29, 0.717) is 6.42 Å². The summed E-state index contributed by atoms with van der Waals surface area (Å²) in [6.45, 7) is 7.62. The highest BCUT2D eigenvalue weighted by atomic mass is 16.4. The van der Waals surface area contributed by atoms with Crippen molar-refractivity contribution in [2.24, 2.45) is 0 Å². The molecule has 1 atom stereocenters. The summed E-state index contributed by atoms with van der Waals surface area (Å²) in [5.74, 6) is 0.233. The zero-order valence-electron chi connectivity index (χ0n) is 9.69. The first-order chi connectivity index (χ1) is 6.93. The molecule has 4 heteroatoms. The van der Waals surface area contributed by atoms with E-state index in [1.165, 1.54) is 0 Å². The van der Waals surface area contributed by atoms with Crippen LogP contribution in [0.3, 0.4) is 0 Å². The molecule has 15 heavy (non-hydrogen) atoms. The Labute approximate surface area is 89.9 Å². The molecule has 1 heterocycles. The Balaban J connectivity index is 3.24. The van der Waals surface area contributed by atoms with Gasteiger partial charge in [-0.15, -0.1) is 0 Å². The van der Waals surface area contributed by atoms with Crippen molar-refractivity contribution in [3.05, 3.63) is 18.2 Å². The first-order valence-electron chi connectivity index (χ1n) is 5.20. The Morgan fingerprint density at radius 1 is 1.67 bits per heavy atom. The molecule has 0 radical (unpaired) electrons. The zero-order valence-corrected chi connectivity index (χ0v) is 9.69.